The molecule has 1 aliphatic heterocycles. The van der Waals surface area contributed by atoms with Crippen LogP contribution in [0, 0.1) is 5.92 Å². The molecule has 3 N–H and O–H groups in total. The molecule has 2 rings (SSSR count). The second kappa shape index (κ2) is 5.65. The number of anilines is 1. The first-order valence-electron chi connectivity index (χ1n) is 6.76. The first kappa shape index (κ1) is 15.8. The Kier molecular flexibility index (Phi) is 4.25. The number of hydrogen-bond donors (Lipinski definition) is 2. The number of likely N-dealkylation sites (tertiary alicyclic amines) is 1. The maximum absolute atomic E-state index is 12.5. The summed E-state index contributed by atoms with van der Waals surface area (Å²) in [6, 6.07) is 4.17. The van der Waals surface area contributed by atoms with Crippen LogP contribution in [0.2, 0.25) is 0 Å². The molecule has 1 aliphatic rings. The molecule has 1 saturated heterocycles. The highest BCUT2D eigenvalue weighted by Crippen LogP contribution is 2.22. The van der Waals surface area contributed by atoms with Gasteiger partial charge in [0.05, 0.1) is 11.0 Å². The molecule has 6 nitrogen and oxygen atoms in total. The Bertz CT molecular complexity index is 657. The standard InChI is InChI=1S/C14H20N2O4S/c1-9-8-16(4-3-13(9)17)14(18)10-5-11(15)7-12(6-10)21(2,19)20/h5-7,9,13,17H,3-4,8,15H2,1-2H3. The van der Waals surface area contributed by atoms with E-state index < -0.39 is 15.9 Å². The first-order chi connectivity index (χ1) is 9.68. The largest absolute Gasteiger partial charge is 0.399 e. The van der Waals surface area contributed by atoms with E-state index in [1.165, 1.54) is 18.2 Å². The number of sulfone groups is 1. The topological polar surface area (TPSA) is 101 Å². The van der Waals surface area contributed by atoms with Crippen molar-refractivity contribution < 1.29 is 18.3 Å². The van der Waals surface area contributed by atoms with Crippen LogP contribution in [0.5, 0.6) is 0 Å². The molecule has 1 heterocycles. The summed E-state index contributed by atoms with van der Waals surface area (Å²) in [6.07, 6.45) is 1.20. The number of nitrogens with zero attached hydrogens (tertiary/aromatic N) is 1. The number of rotatable bonds is 2. The van der Waals surface area contributed by atoms with Crippen molar-refractivity contribution >= 4 is 21.4 Å². The van der Waals surface area contributed by atoms with E-state index in [1.54, 1.807) is 4.90 Å². The maximum Gasteiger partial charge on any atom is 0.253 e. The molecule has 0 radical (unpaired) electrons. The first-order valence-corrected chi connectivity index (χ1v) is 8.65. The van der Waals surface area contributed by atoms with Crippen molar-refractivity contribution in [2.75, 3.05) is 25.1 Å². The Labute approximate surface area is 124 Å². The molecular weight excluding hydrogens is 292 g/mol. The molecule has 21 heavy (non-hydrogen) atoms. The molecular formula is C14H20N2O4S. The van der Waals surface area contributed by atoms with Crippen LogP contribution in [-0.2, 0) is 9.84 Å². The highest BCUT2D eigenvalue weighted by molar-refractivity contribution is 7.90. The number of aliphatic hydroxyl groups is 1. The van der Waals surface area contributed by atoms with Gasteiger partial charge >= 0.3 is 0 Å². The quantitative estimate of drug-likeness (QED) is 0.775. The minimum Gasteiger partial charge on any atom is -0.399 e. The SMILES string of the molecule is CC1CN(C(=O)c2cc(N)cc(S(C)(=O)=O)c2)CCC1O. The van der Waals surface area contributed by atoms with E-state index in [4.69, 9.17) is 5.73 Å². The lowest BCUT2D eigenvalue weighted by Gasteiger charge is -2.34. The predicted octanol–water partition coefficient (Wildman–Crippen LogP) is 0.515. The number of benzene rings is 1. The fourth-order valence-corrected chi connectivity index (χ4v) is 3.15. The number of carbonyl (C=O) groups is 1. The van der Waals surface area contributed by atoms with Crippen LogP contribution in [0.4, 0.5) is 5.69 Å². The number of nitrogen functional groups attached to an aromatic ring is 1. The van der Waals surface area contributed by atoms with Gasteiger partial charge in [0.1, 0.15) is 0 Å². The molecule has 1 amide bonds. The molecule has 1 aromatic carbocycles. The lowest BCUT2D eigenvalue weighted by Crippen LogP contribution is -2.45. The second-order valence-electron chi connectivity index (χ2n) is 5.65. The molecule has 0 saturated carbocycles. The average Bonchev–Trinajstić information content (AvgIpc) is 2.39. The molecule has 0 aliphatic carbocycles. The van der Waals surface area contributed by atoms with Crippen LogP contribution in [-0.4, -0.2) is 49.8 Å². The summed E-state index contributed by atoms with van der Waals surface area (Å²) in [6.45, 7) is 2.78. The van der Waals surface area contributed by atoms with Crippen molar-refractivity contribution in [3.63, 3.8) is 0 Å². The van der Waals surface area contributed by atoms with Gasteiger partial charge in [-0.2, -0.15) is 0 Å². The van der Waals surface area contributed by atoms with Gasteiger partial charge in [-0.15, -0.1) is 0 Å². The number of aliphatic hydroxyl groups excluding tert-OH is 1. The highest BCUT2D eigenvalue weighted by Gasteiger charge is 2.28. The minimum atomic E-state index is -3.42. The van der Waals surface area contributed by atoms with Crippen LogP contribution >= 0.6 is 0 Å². The second-order valence-corrected chi connectivity index (χ2v) is 7.66. The van der Waals surface area contributed by atoms with E-state index in [0.717, 1.165) is 6.26 Å². The number of piperidine rings is 1. The van der Waals surface area contributed by atoms with Gasteiger partial charge in [-0.25, -0.2) is 8.42 Å². The minimum absolute atomic E-state index is 0.00172. The fourth-order valence-electron chi connectivity index (χ4n) is 2.46. The molecule has 7 heteroatoms. The third-order valence-corrected chi connectivity index (χ3v) is 4.84. The number of carbonyl (C=O) groups excluding carboxylic acids is 1. The van der Waals surface area contributed by atoms with Gasteiger partial charge in [-0.1, -0.05) is 6.92 Å². The smallest absolute Gasteiger partial charge is 0.253 e. The zero-order valence-electron chi connectivity index (χ0n) is 12.1. The summed E-state index contributed by atoms with van der Waals surface area (Å²) in [5.41, 5.74) is 6.20. The van der Waals surface area contributed by atoms with Gasteiger partial charge in [0.2, 0.25) is 0 Å². The van der Waals surface area contributed by atoms with E-state index >= 15 is 0 Å². The zero-order valence-corrected chi connectivity index (χ0v) is 12.9. The summed E-state index contributed by atoms with van der Waals surface area (Å²) in [7, 11) is -3.42. The summed E-state index contributed by atoms with van der Waals surface area (Å²) in [4.78, 5) is 14.1. The highest BCUT2D eigenvalue weighted by atomic mass is 32.2. The third kappa shape index (κ3) is 3.54. The predicted molar refractivity (Wildman–Crippen MR) is 79.7 cm³/mol. The molecule has 2 unspecified atom stereocenters. The number of hydrogen-bond acceptors (Lipinski definition) is 5. The summed E-state index contributed by atoms with van der Waals surface area (Å²) < 4.78 is 23.2. The van der Waals surface area contributed by atoms with Gasteiger partial charge in [0.25, 0.3) is 5.91 Å². The Hall–Kier alpha value is -1.60. The van der Waals surface area contributed by atoms with E-state index in [0.29, 0.717) is 19.5 Å². The van der Waals surface area contributed by atoms with Crippen molar-refractivity contribution in [3.05, 3.63) is 23.8 Å². The van der Waals surface area contributed by atoms with E-state index in [2.05, 4.69) is 0 Å². The Morgan fingerprint density at radius 1 is 1.38 bits per heavy atom. The van der Waals surface area contributed by atoms with Gasteiger partial charge < -0.3 is 15.7 Å². The molecule has 0 bridgehead atoms. The van der Waals surface area contributed by atoms with E-state index in [1.807, 2.05) is 6.92 Å². The van der Waals surface area contributed by atoms with Crippen molar-refractivity contribution in [1.29, 1.82) is 0 Å². The lowest BCUT2D eigenvalue weighted by molar-refractivity contribution is 0.0297. The maximum atomic E-state index is 12.5. The Morgan fingerprint density at radius 3 is 2.62 bits per heavy atom. The van der Waals surface area contributed by atoms with Crippen molar-refractivity contribution in [1.82, 2.24) is 4.90 Å². The van der Waals surface area contributed by atoms with Gasteiger partial charge in [-0.3, -0.25) is 4.79 Å². The molecule has 1 aromatic rings. The number of nitrogens with two attached hydrogens (primary N) is 1. The molecule has 1 fully saturated rings. The van der Waals surface area contributed by atoms with Crippen LogP contribution in [0.3, 0.4) is 0 Å². The molecule has 2 atom stereocenters. The molecule has 0 spiro atoms. The Morgan fingerprint density at radius 2 is 2.05 bits per heavy atom. The van der Waals surface area contributed by atoms with Crippen molar-refractivity contribution in [2.24, 2.45) is 5.92 Å². The van der Waals surface area contributed by atoms with Gasteiger partial charge in [-0.05, 0) is 30.5 Å². The van der Waals surface area contributed by atoms with Crippen molar-refractivity contribution in [3.8, 4) is 0 Å². The van der Waals surface area contributed by atoms with Crippen molar-refractivity contribution in [2.45, 2.75) is 24.3 Å². The summed E-state index contributed by atoms with van der Waals surface area (Å²) >= 11 is 0. The molecule has 0 aromatic heterocycles. The van der Waals surface area contributed by atoms with Gasteiger partial charge in [0, 0.05) is 30.6 Å². The van der Waals surface area contributed by atoms with Crippen LogP contribution < -0.4 is 5.73 Å². The Balaban J connectivity index is 2.30. The third-order valence-electron chi connectivity index (χ3n) is 3.75. The zero-order chi connectivity index (χ0) is 15.8. The summed E-state index contributed by atoms with van der Waals surface area (Å²) in [5.74, 6) is -0.260. The monoisotopic (exact) mass is 312 g/mol. The summed E-state index contributed by atoms with van der Waals surface area (Å²) in [5, 5.41) is 9.71. The van der Waals surface area contributed by atoms with Crippen LogP contribution in [0.15, 0.2) is 23.1 Å². The molecule has 116 valence electrons. The average molecular weight is 312 g/mol. The lowest BCUT2D eigenvalue weighted by atomic mass is 9.96. The van der Waals surface area contributed by atoms with Crippen LogP contribution in [0.25, 0.3) is 0 Å². The van der Waals surface area contributed by atoms with E-state index in [-0.39, 0.29) is 28.0 Å². The normalized spacial score (nSPS) is 23.1. The fraction of sp³-hybridized carbons (Fsp3) is 0.500. The van der Waals surface area contributed by atoms with Crippen LogP contribution in [0.1, 0.15) is 23.7 Å². The number of amides is 1. The van der Waals surface area contributed by atoms with Gasteiger partial charge in [0.15, 0.2) is 9.84 Å². The van der Waals surface area contributed by atoms with E-state index in [9.17, 15) is 18.3 Å².